The molecule has 128 valence electrons. The van der Waals surface area contributed by atoms with Gasteiger partial charge in [-0.15, -0.1) is 11.3 Å². The molecule has 2 aromatic rings. The van der Waals surface area contributed by atoms with Gasteiger partial charge in [-0.05, 0) is 31.9 Å². The lowest BCUT2D eigenvalue weighted by molar-refractivity contribution is -0.119. The van der Waals surface area contributed by atoms with E-state index in [1.807, 2.05) is 6.92 Å². The van der Waals surface area contributed by atoms with Gasteiger partial charge in [0.05, 0.1) is 23.7 Å². The van der Waals surface area contributed by atoms with E-state index in [-0.39, 0.29) is 21.3 Å². The van der Waals surface area contributed by atoms with Gasteiger partial charge in [-0.1, -0.05) is 0 Å². The summed E-state index contributed by atoms with van der Waals surface area (Å²) in [6.07, 6.45) is 3.38. The van der Waals surface area contributed by atoms with Gasteiger partial charge in [-0.2, -0.15) is 5.10 Å². The van der Waals surface area contributed by atoms with Gasteiger partial charge in [-0.25, -0.2) is 4.79 Å². The number of carbonyl (C=O) groups is 3. The third-order valence-corrected chi connectivity index (χ3v) is 4.73. The number of esters is 1. The molecule has 2 heterocycles. The molecule has 0 radical (unpaired) electrons. The maximum Gasteiger partial charge on any atom is 0.341 e. The zero-order valence-electron chi connectivity index (χ0n) is 13.7. The highest BCUT2D eigenvalue weighted by Gasteiger charge is 2.26. The molecule has 24 heavy (non-hydrogen) atoms. The zero-order valence-corrected chi connectivity index (χ0v) is 14.6. The highest BCUT2D eigenvalue weighted by atomic mass is 32.1. The maximum absolute atomic E-state index is 12.4. The Labute approximate surface area is 142 Å². The van der Waals surface area contributed by atoms with E-state index >= 15 is 0 Å². The molecule has 0 bridgehead atoms. The minimum absolute atomic E-state index is 0.133. The molecular weight excluding hydrogens is 332 g/mol. The molecule has 0 aromatic carbocycles. The van der Waals surface area contributed by atoms with Crippen molar-refractivity contribution in [3.63, 3.8) is 0 Å². The van der Waals surface area contributed by atoms with Gasteiger partial charge < -0.3 is 15.8 Å². The van der Waals surface area contributed by atoms with Crippen LogP contribution in [-0.4, -0.2) is 34.7 Å². The first kappa shape index (κ1) is 17.7. The van der Waals surface area contributed by atoms with Crippen molar-refractivity contribution >= 4 is 34.1 Å². The number of nitrogens with two attached hydrogens (primary N) is 1. The van der Waals surface area contributed by atoms with Gasteiger partial charge in [-0.3, -0.25) is 14.3 Å². The summed E-state index contributed by atoms with van der Waals surface area (Å²) in [5.74, 6) is -1.69. The lowest BCUT2D eigenvalue weighted by Gasteiger charge is -2.12. The molecule has 0 aliphatic rings. The Bertz CT molecular complexity index is 809. The van der Waals surface area contributed by atoms with E-state index < -0.39 is 17.9 Å². The van der Waals surface area contributed by atoms with Crippen LogP contribution in [0.4, 0.5) is 5.00 Å². The van der Waals surface area contributed by atoms with Crippen LogP contribution in [0, 0.1) is 13.8 Å². The highest BCUT2D eigenvalue weighted by Crippen LogP contribution is 2.33. The van der Waals surface area contributed by atoms with Gasteiger partial charge in [0.1, 0.15) is 11.0 Å². The Hall–Kier alpha value is -2.68. The van der Waals surface area contributed by atoms with E-state index in [0.29, 0.717) is 5.56 Å². The predicted octanol–water partition coefficient (Wildman–Crippen LogP) is 1.65. The number of hydrogen-bond acceptors (Lipinski definition) is 6. The van der Waals surface area contributed by atoms with Crippen LogP contribution >= 0.6 is 11.3 Å². The number of nitrogens with one attached hydrogen (secondary N) is 1. The molecule has 1 atom stereocenters. The molecule has 0 aliphatic carbocycles. The number of thiophene rings is 1. The highest BCUT2D eigenvalue weighted by molar-refractivity contribution is 7.18. The Morgan fingerprint density at radius 3 is 2.54 bits per heavy atom. The molecule has 0 spiro atoms. The van der Waals surface area contributed by atoms with Crippen molar-refractivity contribution in [1.82, 2.24) is 9.78 Å². The fourth-order valence-electron chi connectivity index (χ4n) is 2.17. The Kier molecular flexibility index (Phi) is 5.03. The van der Waals surface area contributed by atoms with Crippen LogP contribution in [-0.2, 0) is 9.53 Å². The second kappa shape index (κ2) is 6.83. The first-order chi connectivity index (χ1) is 11.3. The number of carbonyl (C=O) groups excluding carboxylic acids is 3. The number of amides is 2. The van der Waals surface area contributed by atoms with E-state index in [1.54, 1.807) is 26.2 Å². The van der Waals surface area contributed by atoms with Crippen molar-refractivity contribution in [2.24, 2.45) is 5.73 Å². The minimum Gasteiger partial charge on any atom is -0.465 e. The molecule has 8 nitrogen and oxygen atoms in total. The molecule has 3 N–H and O–H groups in total. The molecule has 2 rings (SSSR count). The zero-order chi connectivity index (χ0) is 18.0. The Morgan fingerprint density at radius 1 is 1.38 bits per heavy atom. The van der Waals surface area contributed by atoms with Crippen LogP contribution in [0.15, 0.2) is 12.4 Å². The summed E-state index contributed by atoms with van der Waals surface area (Å²) >= 11 is 0.947. The third-order valence-electron chi connectivity index (χ3n) is 3.50. The normalized spacial score (nSPS) is 11.8. The van der Waals surface area contributed by atoms with Gasteiger partial charge in [0.2, 0.25) is 5.91 Å². The molecule has 2 amide bonds. The molecule has 0 aliphatic heterocycles. The maximum atomic E-state index is 12.4. The topological polar surface area (TPSA) is 116 Å². The van der Waals surface area contributed by atoms with Crippen molar-refractivity contribution in [3.05, 3.63) is 34.0 Å². The first-order valence-corrected chi connectivity index (χ1v) is 7.91. The van der Waals surface area contributed by atoms with Gasteiger partial charge in [0, 0.05) is 6.20 Å². The average molecular weight is 350 g/mol. The molecule has 0 fully saturated rings. The van der Waals surface area contributed by atoms with Gasteiger partial charge >= 0.3 is 5.97 Å². The smallest absolute Gasteiger partial charge is 0.341 e. The van der Waals surface area contributed by atoms with Crippen LogP contribution in [0.25, 0.3) is 0 Å². The standard InChI is InChI=1S/C15H18N4O4S/c1-7-5-17-19(6-7)9(3)13(21)18-14-10(15(22)23-4)8(2)11(24-14)12(16)20/h5-6,9H,1-4H3,(H2,16,20)(H,18,21). The number of aryl methyl sites for hydroxylation is 1. The summed E-state index contributed by atoms with van der Waals surface area (Å²) in [4.78, 5) is 36.1. The number of methoxy groups -OCH3 is 1. The summed E-state index contributed by atoms with van der Waals surface area (Å²) in [6, 6.07) is -0.594. The monoisotopic (exact) mass is 350 g/mol. The number of rotatable bonds is 5. The summed E-state index contributed by atoms with van der Waals surface area (Å²) < 4.78 is 6.24. The van der Waals surface area contributed by atoms with Gasteiger partial charge in [0.15, 0.2) is 0 Å². The second-order valence-corrected chi connectivity index (χ2v) is 6.30. The number of nitrogens with zero attached hydrogens (tertiary/aromatic N) is 2. The van der Waals surface area contributed by atoms with Crippen LogP contribution in [0.1, 0.15) is 44.1 Å². The number of ether oxygens (including phenoxy) is 1. The van der Waals surface area contributed by atoms with Crippen molar-refractivity contribution in [3.8, 4) is 0 Å². The SMILES string of the molecule is COC(=O)c1c(NC(=O)C(C)n2cc(C)cn2)sc(C(N)=O)c1C. The van der Waals surface area contributed by atoms with Crippen molar-refractivity contribution in [1.29, 1.82) is 0 Å². The summed E-state index contributed by atoms with van der Waals surface area (Å²) in [6.45, 7) is 5.12. The van der Waals surface area contributed by atoms with Crippen LogP contribution < -0.4 is 11.1 Å². The third kappa shape index (κ3) is 3.30. The molecule has 9 heteroatoms. The first-order valence-electron chi connectivity index (χ1n) is 7.09. The second-order valence-electron chi connectivity index (χ2n) is 5.28. The summed E-state index contributed by atoms with van der Waals surface area (Å²) in [5, 5.41) is 6.99. The minimum atomic E-state index is -0.668. The largest absolute Gasteiger partial charge is 0.465 e. The quantitative estimate of drug-likeness (QED) is 0.795. The Balaban J connectivity index is 2.34. The fraction of sp³-hybridized carbons (Fsp3) is 0.333. The summed E-state index contributed by atoms with van der Waals surface area (Å²) in [7, 11) is 1.23. The molecule has 1 unspecified atom stereocenters. The van der Waals surface area contributed by atoms with E-state index in [2.05, 4.69) is 10.4 Å². The number of aromatic nitrogens is 2. The van der Waals surface area contributed by atoms with Gasteiger partial charge in [0.25, 0.3) is 5.91 Å². The van der Waals surface area contributed by atoms with Crippen molar-refractivity contribution in [2.75, 3.05) is 12.4 Å². The van der Waals surface area contributed by atoms with Crippen molar-refractivity contribution < 1.29 is 19.1 Å². The van der Waals surface area contributed by atoms with Crippen LogP contribution in [0.5, 0.6) is 0 Å². The summed E-state index contributed by atoms with van der Waals surface area (Å²) in [5.41, 5.74) is 6.76. The molecule has 0 saturated carbocycles. The number of primary amides is 1. The van der Waals surface area contributed by atoms with E-state index in [0.717, 1.165) is 16.9 Å². The number of anilines is 1. The Morgan fingerprint density at radius 2 is 2.04 bits per heavy atom. The fourth-order valence-corrected chi connectivity index (χ4v) is 3.22. The molecule has 0 saturated heterocycles. The predicted molar refractivity (Wildman–Crippen MR) is 89.2 cm³/mol. The lowest BCUT2D eigenvalue weighted by atomic mass is 10.1. The molecule has 2 aromatic heterocycles. The average Bonchev–Trinajstić information content (AvgIpc) is 3.09. The van der Waals surface area contributed by atoms with Crippen LogP contribution in [0.2, 0.25) is 0 Å². The molecular formula is C15H18N4O4S. The van der Waals surface area contributed by atoms with E-state index in [4.69, 9.17) is 10.5 Å². The van der Waals surface area contributed by atoms with E-state index in [9.17, 15) is 14.4 Å². The lowest BCUT2D eigenvalue weighted by Crippen LogP contribution is -2.24. The van der Waals surface area contributed by atoms with Crippen molar-refractivity contribution in [2.45, 2.75) is 26.8 Å². The van der Waals surface area contributed by atoms with Crippen LogP contribution in [0.3, 0.4) is 0 Å². The van der Waals surface area contributed by atoms with E-state index in [1.165, 1.54) is 11.8 Å². The number of hydrogen-bond donors (Lipinski definition) is 2.